The fraction of sp³-hybridized carbons (Fsp3) is 0. The molecule has 0 aliphatic carbocycles. The van der Waals surface area contributed by atoms with Crippen molar-refractivity contribution in [2.45, 2.75) is 0 Å². The van der Waals surface area contributed by atoms with Crippen molar-refractivity contribution in [3.63, 3.8) is 0 Å². The molecular weight excluding hydrogens is 170 g/mol. The first-order valence-electron chi connectivity index (χ1n) is 2.48. The van der Waals surface area contributed by atoms with Gasteiger partial charge in [0, 0.05) is 0 Å². The molecule has 1 aromatic heterocycles. The van der Waals surface area contributed by atoms with Gasteiger partial charge in [-0.15, -0.1) is 0 Å². The summed E-state index contributed by atoms with van der Waals surface area (Å²) in [5.41, 5.74) is 5.90. The van der Waals surface area contributed by atoms with E-state index in [2.05, 4.69) is 4.98 Å². The molecule has 0 atom stereocenters. The molecule has 0 spiro atoms. The number of rotatable bonds is 0. The molecule has 1 aromatic rings. The van der Waals surface area contributed by atoms with Crippen LogP contribution in [0.1, 0.15) is 0 Å². The van der Waals surface area contributed by atoms with Crippen molar-refractivity contribution in [3.05, 3.63) is 16.2 Å². The van der Waals surface area contributed by atoms with E-state index in [9.17, 15) is 0 Å². The second-order valence-electron chi connectivity index (χ2n) is 1.73. The Bertz CT molecular complexity index is 241. The molecule has 0 bridgehead atoms. The third-order valence-electron chi connectivity index (χ3n) is 0.981. The number of nitrogen functional groups attached to an aromatic ring is 1. The molecule has 2 radical (unpaired) electrons. The average Bonchev–Trinajstić information content (AvgIpc) is 1.82. The van der Waals surface area contributed by atoms with Crippen LogP contribution in [0.3, 0.4) is 0 Å². The summed E-state index contributed by atoms with van der Waals surface area (Å²) in [6, 6.07) is 1.45. The van der Waals surface area contributed by atoms with Crippen LogP contribution in [0, 0.1) is 0 Å². The third kappa shape index (κ3) is 1.36. The molecule has 2 N–H and O–H groups in total. The van der Waals surface area contributed by atoms with E-state index in [0.717, 1.165) is 0 Å². The van der Waals surface area contributed by atoms with E-state index in [4.69, 9.17) is 36.8 Å². The largest absolute Gasteiger partial charge is 0.395 e. The second-order valence-corrected chi connectivity index (χ2v) is 2.50. The molecule has 0 fully saturated rings. The molecule has 50 valence electrons. The summed E-state index contributed by atoms with van der Waals surface area (Å²) in [6.07, 6.45) is 0. The van der Waals surface area contributed by atoms with Crippen LogP contribution in [0.15, 0.2) is 6.07 Å². The van der Waals surface area contributed by atoms with Crippen molar-refractivity contribution < 1.29 is 0 Å². The van der Waals surface area contributed by atoms with Crippen LogP contribution in [0.2, 0.25) is 10.2 Å². The zero-order valence-corrected chi connectivity index (χ0v) is 6.45. The maximum atomic E-state index is 5.59. The van der Waals surface area contributed by atoms with Crippen molar-refractivity contribution >= 4 is 42.3 Å². The Labute approximate surface area is 69.7 Å². The summed E-state index contributed by atoms with van der Waals surface area (Å²) in [5, 5.41) is 0.475. The van der Waals surface area contributed by atoms with Crippen LogP contribution in [0.4, 0.5) is 5.69 Å². The van der Waals surface area contributed by atoms with Gasteiger partial charge in [-0.2, -0.15) is 0 Å². The summed E-state index contributed by atoms with van der Waals surface area (Å²) in [4.78, 5) is 3.67. The summed E-state index contributed by atoms with van der Waals surface area (Å²) in [7, 11) is 5.29. The van der Waals surface area contributed by atoms with Gasteiger partial charge in [-0.1, -0.05) is 23.2 Å². The van der Waals surface area contributed by atoms with Gasteiger partial charge in [-0.3, -0.25) is 4.98 Å². The Kier molecular flexibility index (Phi) is 2.07. The van der Waals surface area contributed by atoms with Gasteiger partial charge in [-0.25, -0.2) is 0 Å². The normalized spacial score (nSPS) is 9.80. The maximum Gasteiger partial charge on any atom is 0.152 e. The van der Waals surface area contributed by atoms with Crippen LogP contribution >= 0.6 is 23.2 Å². The highest BCUT2D eigenvalue weighted by molar-refractivity contribution is 6.41. The SMILES string of the molecule is [B]c1cc(Cl)c(N)c(Cl)n1. The molecular formula is C5H3BCl2N2. The standard InChI is InChI=1S/C5H3BCl2N2/c6-3-1-2(7)4(9)5(8)10-3/h1H,9H2. The Hall–Kier alpha value is -0.405. The molecule has 5 heteroatoms. The highest BCUT2D eigenvalue weighted by atomic mass is 35.5. The van der Waals surface area contributed by atoms with Crippen LogP contribution in [0.5, 0.6) is 0 Å². The molecule has 0 amide bonds. The summed E-state index contributed by atoms with van der Waals surface area (Å²) < 4.78 is 0. The lowest BCUT2D eigenvalue weighted by Gasteiger charge is -2.00. The fourth-order valence-corrected chi connectivity index (χ4v) is 0.961. The number of nitrogens with two attached hydrogens (primary N) is 1. The summed E-state index contributed by atoms with van der Waals surface area (Å²) in [6.45, 7) is 0. The van der Waals surface area contributed by atoms with E-state index in [1.54, 1.807) is 0 Å². The Morgan fingerprint density at radius 3 is 2.60 bits per heavy atom. The van der Waals surface area contributed by atoms with E-state index in [-0.39, 0.29) is 16.4 Å². The van der Waals surface area contributed by atoms with Gasteiger partial charge >= 0.3 is 0 Å². The number of halogens is 2. The Morgan fingerprint density at radius 2 is 2.10 bits per heavy atom. The lowest BCUT2D eigenvalue weighted by Crippen LogP contribution is -2.09. The number of pyridine rings is 1. The van der Waals surface area contributed by atoms with E-state index in [1.807, 2.05) is 0 Å². The molecule has 2 nitrogen and oxygen atoms in total. The maximum absolute atomic E-state index is 5.59. The van der Waals surface area contributed by atoms with Crippen LogP contribution in [0.25, 0.3) is 0 Å². The number of nitrogens with zero attached hydrogens (tertiary/aromatic N) is 1. The van der Waals surface area contributed by atoms with Gasteiger partial charge in [0.25, 0.3) is 0 Å². The van der Waals surface area contributed by atoms with Gasteiger partial charge in [0.15, 0.2) is 5.15 Å². The average molecular weight is 173 g/mol. The zero-order chi connectivity index (χ0) is 7.72. The molecule has 0 unspecified atom stereocenters. The van der Waals surface area contributed by atoms with Gasteiger partial charge in [0.2, 0.25) is 0 Å². The number of aromatic nitrogens is 1. The molecule has 1 heterocycles. The predicted octanol–water partition coefficient (Wildman–Crippen LogP) is 0.764. The van der Waals surface area contributed by atoms with Crippen molar-refractivity contribution in [2.24, 2.45) is 0 Å². The van der Waals surface area contributed by atoms with Crippen LogP contribution in [-0.2, 0) is 0 Å². The lowest BCUT2D eigenvalue weighted by atomic mass is 10.0. The first-order chi connectivity index (χ1) is 4.61. The predicted molar refractivity (Wildman–Crippen MR) is 44.1 cm³/mol. The number of hydrogen-bond donors (Lipinski definition) is 1. The minimum Gasteiger partial charge on any atom is -0.395 e. The highest BCUT2D eigenvalue weighted by Gasteiger charge is 2.02. The second kappa shape index (κ2) is 2.68. The number of anilines is 1. The molecule has 1 rings (SSSR count). The summed E-state index contributed by atoms with van der Waals surface area (Å²) >= 11 is 11.1. The smallest absolute Gasteiger partial charge is 0.152 e. The molecule has 10 heavy (non-hydrogen) atoms. The van der Waals surface area contributed by atoms with Crippen LogP contribution in [-0.4, -0.2) is 12.8 Å². The molecule has 0 aliphatic heterocycles. The quantitative estimate of drug-likeness (QED) is 0.464. The molecule has 0 aromatic carbocycles. The van der Waals surface area contributed by atoms with Gasteiger partial charge in [0.1, 0.15) is 7.85 Å². The molecule has 0 saturated carbocycles. The van der Waals surface area contributed by atoms with Gasteiger partial charge in [-0.05, 0) is 11.7 Å². The van der Waals surface area contributed by atoms with E-state index >= 15 is 0 Å². The topological polar surface area (TPSA) is 38.9 Å². The molecule has 0 saturated heterocycles. The van der Waals surface area contributed by atoms with Crippen molar-refractivity contribution in [1.29, 1.82) is 0 Å². The summed E-state index contributed by atoms with van der Waals surface area (Å²) in [5.74, 6) is 0. The van der Waals surface area contributed by atoms with E-state index in [1.165, 1.54) is 6.07 Å². The van der Waals surface area contributed by atoms with Crippen LogP contribution < -0.4 is 11.3 Å². The minimum absolute atomic E-state index is 0.144. The lowest BCUT2D eigenvalue weighted by molar-refractivity contribution is 1.39. The first kappa shape index (κ1) is 7.70. The molecule has 0 aliphatic rings. The van der Waals surface area contributed by atoms with Gasteiger partial charge in [0.05, 0.1) is 10.7 Å². The van der Waals surface area contributed by atoms with E-state index in [0.29, 0.717) is 5.02 Å². The Balaban J connectivity index is 3.31. The Morgan fingerprint density at radius 1 is 1.50 bits per heavy atom. The zero-order valence-electron chi connectivity index (χ0n) is 4.94. The van der Waals surface area contributed by atoms with Crippen molar-refractivity contribution in [1.82, 2.24) is 4.98 Å². The highest BCUT2D eigenvalue weighted by Crippen LogP contribution is 2.22. The minimum atomic E-state index is 0.144. The first-order valence-corrected chi connectivity index (χ1v) is 3.24. The third-order valence-corrected chi connectivity index (χ3v) is 1.58. The number of hydrogen-bond acceptors (Lipinski definition) is 2. The monoisotopic (exact) mass is 172 g/mol. The van der Waals surface area contributed by atoms with E-state index < -0.39 is 0 Å². The fourth-order valence-electron chi connectivity index (χ4n) is 0.512. The van der Waals surface area contributed by atoms with Crippen molar-refractivity contribution in [2.75, 3.05) is 5.73 Å². The van der Waals surface area contributed by atoms with Gasteiger partial charge < -0.3 is 5.73 Å². The van der Waals surface area contributed by atoms with Crippen molar-refractivity contribution in [3.8, 4) is 0 Å².